The van der Waals surface area contributed by atoms with Crippen LogP contribution in [0.4, 0.5) is 5.13 Å². The molecule has 8 heteroatoms. The Labute approximate surface area is 189 Å². The molecular weight excluding hydrogens is 422 g/mol. The van der Waals surface area contributed by atoms with Crippen LogP contribution in [0.15, 0.2) is 60.7 Å². The van der Waals surface area contributed by atoms with Gasteiger partial charge in [0.15, 0.2) is 10.8 Å². The molecule has 162 valence electrons. The molecule has 4 rings (SSSR count). The van der Waals surface area contributed by atoms with E-state index in [9.17, 15) is 9.59 Å². The molecule has 2 amide bonds. The molecule has 32 heavy (non-hydrogen) atoms. The number of nitrogens with two attached hydrogens (primary N) is 1. The van der Waals surface area contributed by atoms with Gasteiger partial charge in [0, 0.05) is 16.5 Å². The van der Waals surface area contributed by atoms with Gasteiger partial charge in [-0.2, -0.15) is 5.10 Å². The fraction of sp³-hybridized carbons (Fsp3) is 0.167. The first-order valence-corrected chi connectivity index (χ1v) is 11.1. The van der Waals surface area contributed by atoms with Crippen molar-refractivity contribution in [2.45, 2.75) is 26.7 Å². The van der Waals surface area contributed by atoms with Crippen LogP contribution in [-0.2, 0) is 6.42 Å². The van der Waals surface area contributed by atoms with E-state index >= 15 is 0 Å². The fourth-order valence-electron chi connectivity index (χ4n) is 3.43. The number of nitrogens with one attached hydrogen (secondary N) is 1. The van der Waals surface area contributed by atoms with Crippen LogP contribution in [0.5, 0.6) is 0 Å². The van der Waals surface area contributed by atoms with Crippen molar-refractivity contribution in [2.75, 3.05) is 5.32 Å². The first-order chi connectivity index (χ1) is 15.5. The Kier molecular flexibility index (Phi) is 6.13. The minimum Gasteiger partial charge on any atom is -0.364 e. The lowest BCUT2D eigenvalue weighted by molar-refractivity contribution is 0.0991. The minimum absolute atomic E-state index is 0.0842. The third-order valence-corrected chi connectivity index (χ3v) is 5.86. The van der Waals surface area contributed by atoms with E-state index in [-0.39, 0.29) is 11.4 Å². The number of aromatic nitrogens is 3. The molecule has 0 bridgehead atoms. The van der Waals surface area contributed by atoms with Crippen molar-refractivity contribution in [1.82, 2.24) is 14.8 Å². The second kappa shape index (κ2) is 9.15. The molecular formula is C24H23N5O2S. The number of benzene rings is 2. The van der Waals surface area contributed by atoms with Gasteiger partial charge < -0.3 is 5.73 Å². The number of hydrogen-bond donors (Lipinski definition) is 2. The smallest absolute Gasteiger partial charge is 0.277 e. The molecule has 0 radical (unpaired) electrons. The van der Waals surface area contributed by atoms with E-state index < -0.39 is 11.8 Å². The normalized spacial score (nSPS) is 10.8. The summed E-state index contributed by atoms with van der Waals surface area (Å²) in [4.78, 5) is 30.3. The quantitative estimate of drug-likeness (QED) is 0.434. The highest BCUT2D eigenvalue weighted by atomic mass is 32.1. The lowest BCUT2D eigenvalue weighted by atomic mass is 10.1. The lowest BCUT2D eigenvalue weighted by Crippen LogP contribution is -2.16. The highest BCUT2D eigenvalue weighted by molar-refractivity contribution is 7.16. The highest BCUT2D eigenvalue weighted by Gasteiger charge is 2.20. The van der Waals surface area contributed by atoms with E-state index in [0.717, 1.165) is 29.0 Å². The Bertz CT molecular complexity index is 1260. The predicted molar refractivity (Wildman–Crippen MR) is 126 cm³/mol. The molecule has 0 unspecified atom stereocenters. The summed E-state index contributed by atoms with van der Waals surface area (Å²) in [6.45, 7) is 4.13. The summed E-state index contributed by atoms with van der Waals surface area (Å²) in [7, 11) is 0. The summed E-state index contributed by atoms with van der Waals surface area (Å²) in [6, 6.07) is 18.8. The summed E-state index contributed by atoms with van der Waals surface area (Å²) in [5.41, 5.74) is 9.47. The molecule has 2 heterocycles. The van der Waals surface area contributed by atoms with E-state index in [1.54, 1.807) is 12.1 Å². The van der Waals surface area contributed by atoms with Gasteiger partial charge in [-0.1, -0.05) is 55.8 Å². The predicted octanol–water partition coefficient (Wildman–Crippen LogP) is 4.61. The summed E-state index contributed by atoms with van der Waals surface area (Å²) in [5.74, 6) is -1.12. The fourth-order valence-corrected chi connectivity index (χ4v) is 4.26. The number of carbonyl (C=O) groups is 2. The average molecular weight is 446 g/mol. The number of anilines is 1. The monoisotopic (exact) mass is 445 g/mol. The maximum absolute atomic E-state index is 12.8. The average Bonchev–Trinajstić information content (AvgIpc) is 3.39. The second-order valence-corrected chi connectivity index (χ2v) is 8.55. The van der Waals surface area contributed by atoms with Crippen LogP contribution in [-0.4, -0.2) is 26.6 Å². The SMILES string of the molecule is CCCc1ccc(-c2nc(NC(=O)c3cc(C(N)=O)n(-c4ccccc4)n3)sc2C)cc1. The lowest BCUT2D eigenvalue weighted by Gasteiger charge is -2.03. The van der Waals surface area contributed by atoms with Crippen LogP contribution in [0.3, 0.4) is 0 Å². The molecule has 7 nitrogen and oxygen atoms in total. The maximum Gasteiger partial charge on any atom is 0.277 e. The van der Waals surface area contributed by atoms with E-state index in [0.29, 0.717) is 10.8 Å². The van der Waals surface area contributed by atoms with Gasteiger partial charge in [0.2, 0.25) is 0 Å². The summed E-state index contributed by atoms with van der Waals surface area (Å²) in [5, 5.41) is 7.55. The Morgan fingerprint density at radius 3 is 2.47 bits per heavy atom. The minimum atomic E-state index is -0.667. The van der Waals surface area contributed by atoms with Crippen molar-refractivity contribution in [2.24, 2.45) is 5.73 Å². The van der Waals surface area contributed by atoms with Gasteiger partial charge in [-0.05, 0) is 31.0 Å². The van der Waals surface area contributed by atoms with Gasteiger partial charge in [0.05, 0.1) is 11.4 Å². The number of para-hydroxylation sites is 1. The van der Waals surface area contributed by atoms with Crippen molar-refractivity contribution in [1.29, 1.82) is 0 Å². The zero-order valence-corrected chi connectivity index (χ0v) is 18.6. The first kappa shape index (κ1) is 21.5. The van der Waals surface area contributed by atoms with Crippen LogP contribution in [0, 0.1) is 6.92 Å². The third-order valence-electron chi connectivity index (χ3n) is 4.98. The molecule has 0 saturated heterocycles. The second-order valence-electron chi connectivity index (χ2n) is 7.35. The van der Waals surface area contributed by atoms with E-state index in [2.05, 4.69) is 46.6 Å². The number of amides is 2. The van der Waals surface area contributed by atoms with Crippen molar-refractivity contribution in [3.63, 3.8) is 0 Å². The Morgan fingerprint density at radius 2 is 1.81 bits per heavy atom. The van der Waals surface area contributed by atoms with E-state index in [1.165, 1.54) is 27.6 Å². The van der Waals surface area contributed by atoms with Gasteiger partial charge in [0.25, 0.3) is 11.8 Å². The molecule has 3 N–H and O–H groups in total. The standard InChI is InChI=1S/C24H23N5O2S/c1-3-7-16-10-12-17(13-11-16)21-15(2)32-24(26-21)27-23(31)19-14-20(22(25)30)29(28-19)18-8-5-4-6-9-18/h4-6,8-14H,3,7H2,1-2H3,(H2,25,30)(H,26,27,31). The van der Waals surface area contributed by atoms with Gasteiger partial charge >= 0.3 is 0 Å². The number of aryl methyl sites for hydroxylation is 2. The number of hydrogen-bond acceptors (Lipinski definition) is 5. The van der Waals surface area contributed by atoms with Gasteiger partial charge in [-0.25, -0.2) is 9.67 Å². The molecule has 4 aromatic rings. The van der Waals surface area contributed by atoms with Crippen molar-refractivity contribution < 1.29 is 9.59 Å². The zero-order chi connectivity index (χ0) is 22.7. The molecule has 0 spiro atoms. The summed E-state index contributed by atoms with van der Waals surface area (Å²) in [6.07, 6.45) is 2.14. The van der Waals surface area contributed by atoms with Gasteiger partial charge in [-0.3, -0.25) is 14.9 Å². The van der Waals surface area contributed by atoms with E-state index in [4.69, 9.17) is 5.73 Å². The van der Waals surface area contributed by atoms with Crippen LogP contribution >= 0.6 is 11.3 Å². The molecule has 0 aliphatic heterocycles. The molecule has 0 aliphatic rings. The van der Waals surface area contributed by atoms with Crippen LogP contribution in [0.1, 0.15) is 44.8 Å². The Balaban J connectivity index is 1.57. The molecule has 0 fully saturated rings. The summed E-state index contributed by atoms with van der Waals surface area (Å²) < 4.78 is 1.37. The topological polar surface area (TPSA) is 103 Å². The molecule has 2 aromatic carbocycles. The number of carbonyl (C=O) groups excluding carboxylic acids is 2. The maximum atomic E-state index is 12.8. The van der Waals surface area contributed by atoms with Crippen molar-refractivity contribution in [3.8, 4) is 16.9 Å². The first-order valence-electron chi connectivity index (χ1n) is 10.3. The largest absolute Gasteiger partial charge is 0.364 e. The van der Waals surface area contributed by atoms with Crippen LogP contribution < -0.4 is 11.1 Å². The molecule has 0 saturated carbocycles. The van der Waals surface area contributed by atoms with Gasteiger partial charge in [0.1, 0.15) is 5.69 Å². The van der Waals surface area contributed by atoms with Crippen molar-refractivity contribution in [3.05, 3.63) is 82.5 Å². The Morgan fingerprint density at radius 1 is 1.09 bits per heavy atom. The van der Waals surface area contributed by atoms with E-state index in [1.807, 2.05) is 25.1 Å². The Hall–Kier alpha value is -3.78. The highest BCUT2D eigenvalue weighted by Crippen LogP contribution is 2.31. The number of primary amides is 1. The number of rotatable bonds is 7. The van der Waals surface area contributed by atoms with Crippen molar-refractivity contribution >= 4 is 28.3 Å². The van der Waals surface area contributed by atoms with Crippen LogP contribution in [0.25, 0.3) is 16.9 Å². The number of nitrogens with zero attached hydrogens (tertiary/aromatic N) is 3. The van der Waals surface area contributed by atoms with Crippen LogP contribution in [0.2, 0.25) is 0 Å². The summed E-state index contributed by atoms with van der Waals surface area (Å²) >= 11 is 1.39. The molecule has 0 aliphatic carbocycles. The van der Waals surface area contributed by atoms with Gasteiger partial charge in [-0.15, -0.1) is 11.3 Å². The third kappa shape index (κ3) is 4.45. The molecule has 2 aromatic heterocycles. The zero-order valence-electron chi connectivity index (χ0n) is 17.8. The molecule has 0 atom stereocenters. The number of thiazole rings is 1.